The van der Waals surface area contributed by atoms with Gasteiger partial charge in [-0.25, -0.2) is 4.79 Å². The first-order valence-corrected chi connectivity index (χ1v) is 5.33. The monoisotopic (exact) mass is 252 g/mol. The number of amides is 1. The number of primary amides is 1. The first kappa shape index (κ1) is 13.8. The molecule has 0 aliphatic heterocycles. The second-order valence-corrected chi connectivity index (χ2v) is 3.53. The zero-order chi connectivity index (χ0) is 13.4. The van der Waals surface area contributed by atoms with E-state index in [0.29, 0.717) is 18.7 Å². The van der Waals surface area contributed by atoms with Crippen molar-refractivity contribution in [2.45, 2.75) is 6.54 Å². The Labute approximate surface area is 104 Å². The van der Waals surface area contributed by atoms with Crippen molar-refractivity contribution in [1.82, 2.24) is 5.32 Å². The molecule has 0 heterocycles. The summed E-state index contributed by atoms with van der Waals surface area (Å²) in [6, 6.07) is 7.26. The van der Waals surface area contributed by atoms with Crippen LogP contribution in [0.5, 0.6) is 0 Å². The van der Waals surface area contributed by atoms with Gasteiger partial charge >= 0.3 is 6.09 Å². The van der Waals surface area contributed by atoms with Gasteiger partial charge in [0.15, 0.2) is 5.84 Å². The van der Waals surface area contributed by atoms with E-state index in [2.05, 4.69) is 15.2 Å². The van der Waals surface area contributed by atoms with Crippen LogP contribution in [0.25, 0.3) is 0 Å². The summed E-state index contributed by atoms with van der Waals surface area (Å²) in [7, 11) is 0. The summed E-state index contributed by atoms with van der Waals surface area (Å²) >= 11 is 0. The molecule has 0 unspecified atom stereocenters. The highest BCUT2D eigenvalue weighted by Gasteiger charge is 2.00. The number of benzene rings is 1. The Bertz CT molecular complexity index is 434. The number of hydrogen-bond donors (Lipinski definition) is 4. The Balaban J connectivity index is 2.41. The van der Waals surface area contributed by atoms with Crippen LogP contribution in [0.1, 0.15) is 11.1 Å². The third-order valence-corrected chi connectivity index (χ3v) is 2.18. The summed E-state index contributed by atoms with van der Waals surface area (Å²) in [5.74, 6) is 0.0638. The highest BCUT2D eigenvalue weighted by molar-refractivity contribution is 5.97. The van der Waals surface area contributed by atoms with Crippen LogP contribution in [-0.4, -0.2) is 30.3 Å². The molecule has 0 bridgehead atoms. The Morgan fingerprint density at radius 2 is 2.22 bits per heavy atom. The summed E-state index contributed by atoms with van der Waals surface area (Å²) in [6.45, 7) is 1.29. The van der Waals surface area contributed by atoms with Crippen molar-refractivity contribution in [2.24, 2.45) is 16.6 Å². The summed E-state index contributed by atoms with van der Waals surface area (Å²) in [5.41, 5.74) is 11.9. The van der Waals surface area contributed by atoms with Crippen molar-refractivity contribution in [3.63, 3.8) is 0 Å². The molecule has 0 atom stereocenters. The van der Waals surface area contributed by atoms with Crippen molar-refractivity contribution in [2.75, 3.05) is 13.2 Å². The molecular weight excluding hydrogens is 236 g/mol. The van der Waals surface area contributed by atoms with Crippen LogP contribution in [0.15, 0.2) is 29.4 Å². The molecule has 0 radical (unpaired) electrons. The smallest absolute Gasteiger partial charge is 0.404 e. The van der Waals surface area contributed by atoms with Gasteiger partial charge in [-0.15, -0.1) is 0 Å². The maximum Gasteiger partial charge on any atom is 0.404 e. The van der Waals surface area contributed by atoms with Crippen molar-refractivity contribution in [3.05, 3.63) is 35.4 Å². The lowest BCUT2D eigenvalue weighted by atomic mass is 10.1. The Morgan fingerprint density at radius 3 is 2.89 bits per heavy atom. The SMILES string of the molecule is NC(=O)OCCNCc1cccc(/C(N)=N/O)c1. The second kappa shape index (κ2) is 7.13. The molecule has 0 fully saturated rings. The lowest BCUT2D eigenvalue weighted by molar-refractivity contribution is 0.157. The van der Waals surface area contributed by atoms with Gasteiger partial charge in [0.2, 0.25) is 0 Å². The molecule has 0 spiro atoms. The van der Waals surface area contributed by atoms with Gasteiger partial charge in [0.25, 0.3) is 0 Å². The number of nitrogens with one attached hydrogen (secondary N) is 1. The van der Waals surface area contributed by atoms with Gasteiger partial charge in [-0.05, 0) is 11.6 Å². The fourth-order valence-electron chi connectivity index (χ4n) is 1.35. The Kier molecular flexibility index (Phi) is 5.46. The van der Waals surface area contributed by atoms with Crippen LogP contribution in [0, 0.1) is 0 Å². The summed E-state index contributed by atoms with van der Waals surface area (Å²) in [5, 5.41) is 14.6. The van der Waals surface area contributed by atoms with Gasteiger partial charge in [0.1, 0.15) is 6.61 Å². The summed E-state index contributed by atoms with van der Waals surface area (Å²) < 4.78 is 4.56. The minimum atomic E-state index is -0.786. The average Bonchev–Trinajstić information content (AvgIpc) is 2.37. The minimum Gasteiger partial charge on any atom is -0.448 e. The van der Waals surface area contributed by atoms with E-state index in [9.17, 15) is 4.79 Å². The van der Waals surface area contributed by atoms with Crippen LogP contribution in [0.3, 0.4) is 0 Å². The molecule has 6 N–H and O–H groups in total. The van der Waals surface area contributed by atoms with E-state index >= 15 is 0 Å². The van der Waals surface area contributed by atoms with Crippen molar-refractivity contribution >= 4 is 11.9 Å². The highest BCUT2D eigenvalue weighted by atomic mass is 16.5. The molecule has 0 saturated heterocycles. The fourth-order valence-corrected chi connectivity index (χ4v) is 1.35. The fraction of sp³-hybridized carbons (Fsp3) is 0.273. The number of carbonyl (C=O) groups excluding carboxylic acids is 1. The molecule has 18 heavy (non-hydrogen) atoms. The lowest BCUT2D eigenvalue weighted by Crippen LogP contribution is -2.23. The van der Waals surface area contributed by atoms with Crippen LogP contribution >= 0.6 is 0 Å². The number of oxime groups is 1. The quantitative estimate of drug-likeness (QED) is 0.186. The maximum absolute atomic E-state index is 10.3. The number of nitrogens with zero attached hydrogens (tertiary/aromatic N) is 1. The van der Waals surface area contributed by atoms with Gasteiger partial charge in [-0.2, -0.15) is 0 Å². The van der Waals surface area contributed by atoms with E-state index in [0.717, 1.165) is 5.56 Å². The predicted octanol–water partition coefficient (Wildman–Crippen LogP) is -0.0340. The molecule has 0 saturated carbocycles. The van der Waals surface area contributed by atoms with Crippen molar-refractivity contribution in [3.8, 4) is 0 Å². The van der Waals surface area contributed by atoms with Crippen molar-refractivity contribution < 1.29 is 14.7 Å². The first-order valence-electron chi connectivity index (χ1n) is 5.33. The van der Waals surface area contributed by atoms with Gasteiger partial charge in [0, 0.05) is 18.7 Å². The summed E-state index contributed by atoms with van der Waals surface area (Å²) in [4.78, 5) is 10.3. The standard InChI is InChI=1S/C11H16N4O3/c12-10(15-17)9-3-1-2-8(6-9)7-14-4-5-18-11(13)16/h1-3,6,14,17H,4-5,7H2,(H2,12,15)(H2,13,16). The highest BCUT2D eigenvalue weighted by Crippen LogP contribution is 2.04. The van der Waals surface area contributed by atoms with E-state index in [1.54, 1.807) is 12.1 Å². The Hall–Kier alpha value is -2.28. The topological polar surface area (TPSA) is 123 Å². The minimum absolute atomic E-state index is 0.0638. The molecule has 1 amide bonds. The van der Waals surface area contributed by atoms with Crippen LogP contribution in [0.2, 0.25) is 0 Å². The zero-order valence-corrected chi connectivity index (χ0v) is 9.80. The molecule has 0 aliphatic carbocycles. The van der Waals surface area contributed by atoms with E-state index < -0.39 is 6.09 Å². The lowest BCUT2D eigenvalue weighted by Gasteiger charge is -2.06. The Morgan fingerprint density at radius 1 is 1.44 bits per heavy atom. The van der Waals surface area contributed by atoms with Gasteiger partial charge in [0.05, 0.1) is 0 Å². The van der Waals surface area contributed by atoms with Gasteiger partial charge in [-0.3, -0.25) is 0 Å². The van der Waals surface area contributed by atoms with Gasteiger partial charge in [-0.1, -0.05) is 23.4 Å². The van der Waals surface area contributed by atoms with Gasteiger partial charge < -0.3 is 26.7 Å². The van der Waals surface area contributed by atoms with E-state index in [4.69, 9.17) is 16.7 Å². The average molecular weight is 252 g/mol. The normalized spacial score (nSPS) is 11.2. The zero-order valence-electron chi connectivity index (χ0n) is 9.80. The predicted molar refractivity (Wildman–Crippen MR) is 66.2 cm³/mol. The third-order valence-electron chi connectivity index (χ3n) is 2.18. The molecule has 7 nitrogen and oxygen atoms in total. The van der Waals surface area contributed by atoms with Crippen molar-refractivity contribution in [1.29, 1.82) is 0 Å². The second-order valence-electron chi connectivity index (χ2n) is 3.53. The molecule has 0 aromatic heterocycles. The molecule has 7 heteroatoms. The van der Waals surface area contributed by atoms with E-state index in [-0.39, 0.29) is 12.4 Å². The van der Waals surface area contributed by atoms with Crippen LogP contribution in [0.4, 0.5) is 4.79 Å². The molecule has 1 aromatic rings. The molecular formula is C11H16N4O3. The number of amidine groups is 1. The van der Waals surface area contributed by atoms with Crippen LogP contribution < -0.4 is 16.8 Å². The number of carbonyl (C=O) groups is 1. The number of nitrogens with two attached hydrogens (primary N) is 2. The maximum atomic E-state index is 10.3. The molecule has 98 valence electrons. The number of ether oxygens (including phenoxy) is 1. The molecule has 1 aromatic carbocycles. The van der Waals surface area contributed by atoms with E-state index in [1.807, 2.05) is 12.1 Å². The largest absolute Gasteiger partial charge is 0.448 e. The molecule has 0 aliphatic rings. The first-order chi connectivity index (χ1) is 8.63. The third kappa shape index (κ3) is 4.71. The summed E-state index contributed by atoms with van der Waals surface area (Å²) in [6.07, 6.45) is -0.786. The molecule has 1 rings (SSSR count). The van der Waals surface area contributed by atoms with E-state index in [1.165, 1.54) is 0 Å². The van der Waals surface area contributed by atoms with Crippen LogP contribution in [-0.2, 0) is 11.3 Å². The number of hydrogen-bond acceptors (Lipinski definition) is 5. The number of rotatable bonds is 6.